The maximum absolute atomic E-state index is 13.3. The largest absolute Gasteiger partial charge is 0.493 e. The SMILES string of the molecule is CCCOc1ccc(-c2ccsc2C(=O)OC)cc1C(C(=O)OC(C)(C)C)c1ccc[nH]1. The van der Waals surface area contributed by atoms with Crippen LogP contribution in [-0.2, 0) is 14.3 Å². The van der Waals surface area contributed by atoms with Crippen molar-refractivity contribution < 1.29 is 23.8 Å². The summed E-state index contributed by atoms with van der Waals surface area (Å²) in [6.45, 7) is 8.07. The maximum atomic E-state index is 13.3. The van der Waals surface area contributed by atoms with E-state index in [0.717, 1.165) is 17.5 Å². The van der Waals surface area contributed by atoms with E-state index in [1.807, 2.05) is 69.5 Å². The lowest BCUT2D eigenvalue weighted by Crippen LogP contribution is -2.28. The lowest BCUT2D eigenvalue weighted by Gasteiger charge is -2.25. The van der Waals surface area contributed by atoms with Crippen molar-refractivity contribution in [3.05, 3.63) is 64.1 Å². The number of carbonyl (C=O) groups excluding carboxylic acids is 2. The zero-order valence-electron chi connectivity index (χ0n) is 19.1. The van der Waals surface area contributed by atoms with Crippen molar-refractivity contribution in [2.24, 2.45) is 0 Å². The van der Waals surface area contributed by atoms with E-state index in [4.69, 9.17) is 14.2 Å². The minimum atomic E-state index is -0.712. The van der Waals surface area contributed by atoms with Crippen molar-refractivity contribution in [3.63, 3.8) is 0 Å². The van der Waals surface area contributed by atoms with Gasteiger partial charge in [0, 0.05) is 23.0 Å². The van der Waals surface area contributed by atoms with Crippen LogP contribution in [-0.4, -0.2) is 36.2 Å². The van der Waals surface area contributed by atoms with Gasteiger partial charge in [0.2, 0.25) is 0 Å². The van der Waals surface area contributed by atoms with Crippen LogP contribution in [0.5, 0.6) is 5.75 Å². The zero-order chi connectivity index (χ0) is 23.3. The fraction of sp³-hybridized carbons (Fsp3) is 0.360. The van der Waals surface area contributed by atoms with E-state index in [-0.39, 0.29) is 5.97 Å². The van der Waals surface area contributed by atoms with E-state index < -0.39 is 17.5 Å². The first kappa shape index (κ1) is 23.6. The third kappa shape index (κ3) is 5.40. The number of nitrogens with one attached hydrogen (secondary N) is 1. The van der Waals surface area contributed by atoms with Crippen LogP contribution in [0.15, 0.2) is 48.0 Å². The predicted molar refractivity (Wildman–Crippen MR) is 125 cm³/mol. The average Bonchev–Trinajstić information content (AvgIpc) is 3.43. The van der Waals surface area contributed by atoms with Gasteiger partial charge in [-0.25, -0.2) is 4.79 Å². The molecule has 3 rings (SSSR count). The van der Waals surface area contributed by atoms with Crippen LogP contribution in [0.3, 0.4) is 0 Å². The Morgan fingerprint density at radius 3 is 2.56 bits per heavy atom. The number of hydrogen-bond acceptors (Lipinski definition) is 6. The third-order valence-electron chi connectivity index (χ3n) is 4.70. The minimum absolute atomic E-state index is 0.378. The van der Waals surface area contributed by atoms with Gasteiger partial charge in [-0.05, 0) is 68.5 Å². The van der Waals surface area contributed by atoms with Crippen molar-refractivity contribution in [3.8, 4) is 16.9 Å². The molecule has 32 heavy (non-hydrogen) atoms. The van der Waals surface area contributed by atoms with Gasteiger partial charge in [0.15, 0.2) is 0 Å². The monoisotopic (exact) mass is 455 g/mol. The van der Waals surface area contributed by atoms with E-state index in [9.17, 15) is 9.59 Å². The third-order valence-corrected chi connectivity index (χ3v) is 5.60. The van der Waals surface area contributed by atoms with Crippen molar-refractivity contribution >= 4 is 23.3 Å². The summed E-state index contributed by atoms with van der Waals surface area (Å²) < 4.78 is 16.7. The molecule has 1 atom stereocenters. The van der Waals surface area contributed by atoms with Crippen LogP contribution in [0.25, 0.3) is 11.1 Å². The molecular weight excluding hydrogens is 426 g/mol. The molecule has 0 bridgehead atoms. The van der Waals surface area contributed by atoms with E-state index in [1.165, 1.54) is 18.4 Å². The highest BCUT2D eigenvalue weighted by atomic mass is 32.1. The highest BCUT2D eigenvalue weighted by molar-refractivity contribution is 7.12. The van der Waals surface area contributed by atoms with Crippen LogP contribution in [0.4, 0.5) is 0 Å². The summed E-state index contributed by atoms with van der Waals surface area (Å²) in [6, 6.07) is 11.2. The molecule has 0 radical (unpaired) electrons. The number of esters is 2. The second-order valence-corrected chi connectivity index (χ2v) is 9.26. The molecule has 1 unspecified atom stereocenters. The highest BCUT2D eigenvalue weighted by Crippen LogP contribution is 2.38. The van der Waals surface area contributed by atoms with Crippen LogP contribution >= 0.6 is 11.3 Å². The molecule has 0 aliphatic carbocycles. The molecule has 0 aliphatic heterocycles. The molecule has 6 nitrogen and oxygen atoms in total. The number of ether oxygens (including phenoxy) is 3. The fourth-order valence-corrected chi connectivity index (χ4v) is 4.21. The number of hydrogen-bond donors (Lipinski definition) is 1. The minimum Gasteiger partial charge on any atom is -0.493 e. The number of thiophene rings is 1. The van der Waals surface area contributed by atoms with Crippen LogP contribution < -0.4 is 4.74 Å². The first-order valence-corrected chi connectivity index (χ1v) is 11.4. The number of benzene rings is 1. The summed E-state index contributed by atoms with van der Waals surface area (Å²) in [5.74, 6) is -0.875. The molecule has 0 spiro atoms. The maximum Gasteiger partial charge on any atom is 0.348 e. The Hall–Kier alpha value is -3.06. The molecule has 3 aromatic rings. The molecule has 0 aliphatic rings. The van der Waals surface area contributed by atoms with Gasteiger partial charge in [0.25, 0.3) is 0 Å². The second-order valence-electron chi connectivity index (χ2n) is 8.35. The Bertz CT molecular complexity index is 1060. The van der Waals surface area contributed by atoms with Gasteiger partial charge in [-0.3, -0.25) is 4.79 Å². The van der Waals surface area contributed by atoms with Gasteiger partial charge in [-0.2, -0.15) is 0 Å². The average molecular weight is 456 g/mol. The quantitative estimate of drug-likeness (QED) is 0.435. The van der Waals surface area contributed by atoms with Gasteiger partial charge in [0.1, 0.15) is 22.1 Å². The van der Waals surface area contributed by atoms with E-state index >= 15 is 0 Å². The summed E-state index contributed by atoms with van der Waals surface area (Å²) in [7, 11) is 1.36. The van der Waals surface area contributed by atoms with Crippen LogP contribution in [0, 0.1) is 0 Å². The standard InChI is InChI=1S/C25H29NO5S/c1-6-13-30-20-10-9-16(17-11-14-32-22(17)24(28)29-5)15-18(20)21(19-8-7-12-26-19)23(27)31-25(2,3)4/h7-12,14-15,21,26H,6,13H2,1-5H3. The van der Waals surface area contributed by atoms with Crippen molar-refractivity contribution in [2.45, 2.75) is 45.6 Å². The molecular formula is C25H29NO5S. The Balaban J connectivity index is 2.16. The first-order valence-electron chi connectivity index (χ1n) is 10.5. The summed E-state index contributed by atoms with van der Waals surface area (Å²) in [4.78, 5) is 29.2. The number of rotatable bonds is 8. The van der Waals surface area contributed by atoms with Gasteiger partial charge >= 0.3 is 11.9 Å². The van der Waals surface area contributed by atoms with Gasteiger partial charge in [-0.15, -0.1) is 11.3 Å². The summed E-state index contributed by atoms with van der Waals surface area (Å²) >= 11 is 1.32. The molecule has 0 fully saturated rings. The lowest BCUT2D eigenvalue weighted by molar-refractivity contribution is -0.155. The Kier molecular flexibility index (Phi) is 7.40. The summed E-state index contributed by atoms with van der Waals surface area (Å²) in [5, 5.41) is 1.85. The van der Waals surface area contributed by atoms with Crippen LogP contribution in [0.1, 0.15) is 61.0 Å². The fourth-order valence-electron chi connectivity index (χ4n) is 3.38. The smallest absolute Gasteiger partial charge is 0.348 e. The van der Waals surface area contributed by atoms with Crippen molar-refractivity contribution in [1.29, 1.82) is 0 Å². The number of aromatic nitrogens is 1. The van der Waals surface area contributed by atoms with Gasteiger partial charge in [0.05, 0.1) is 13.7 Å². The first-order chi connectivity index (χ1) is 15.2. The Morgan fingerprint density at radius 2 is 1.94 bits per heavy atom. The van der Waals surface area contributed by atoms with Gasteiger partial charge < -0.3 is 19.2 Å². The number of aromatic amines is 1. The summed E-state index contributed by atoms with van der Waals surface area (Å²) in [5.41, 5.74) is 2.28. The molecule has 170 valence electrons. The van der Waals surface area contributed by atoms with E-state index in [1.54, 1.807) is 6.20 Å². The number of H-pyrrole nitrogens is 1. The van der Waals surface area contributed by atoms with E-state index in [2.05, 4.69) is 4.98 Å². The molecule has 2 heterocycles. The molecule has 0 saturated carbocycles. The molecule has 0 amide bonds. The molecule has 1 aromatic carbocycles. The molecule has 7 heteroatoms. The molecule has 2 aromatic heterocycles. The highest BCUT2D eigenvalue weighted by Gasteiger charge is 2.32. The lowest BCUT2D eigenvalue weighted by atomic mass is 9.91. The second kappa shape index (κ2) is 10.0. The van der Waals surface area contributed by atoms with E-state index in [0.29, 0.717) is 28.5 Å². The van der Waals surface area contributed by atoms with Gasteiger partial charge in [-0.1, -0.05) is 13.0 Å². The number of carbonyl (C=O) groups is 2. The Labute approximate surface area is 192 Å². The Morgan fingerprint density at radius 1 is 1.16 bits per heavy atom. The number of methoxy groups -OCH3 is 1. The normalized spacial score (nSPS) is 12.3. The van der Waals surface area contributed by atoms with Crippen molar-refractivity contribution in [1.82, 2.24) is 4.98 Å². The molecule has 1 N–H and O–H groups in total. The zero-order valence-corrected chi connectivity index (χ0v) is 19.9. The topological polar surface area (TPSA) is 77.6 Å². The summed E-state index contributed by atoms with van der Waals surface area (Å²) in [6.07, 6.45) is 2.61. The van der Waals surface area contributed by atoms with Crippen molar-refractivity contribution in [2.75, 3.05) is 13.7 Å². The predicted octanol–water partition coefficient (Wildman–Crippen LogP) is 5.79. The van der Waals surface area contributed by atoms with Crippen LogP contribution in [0.2, 0.25) is 0 Å². The molecule has 0 saturated heterocycles.